The second-order valence-corrected chi connectivity index (χ2v) is 9.16. The Morgan fingerprint density at radius 1 is 0.974 bits per heavy atom. The van der Waals surface area contributed by atoms with Crippen LogP contribution < -0.4 is 5.32 Å². The Morgan fingerprint density at radius 2 is 1.82 bits per heavy atom. The molecule has 7 rings (SSSR count). The van der Waals surface area contributed by atoms with Crippen LogP contribution in [0.15, 0.2) is 61.2 Å². The minimum absolute atomic E-state index is 0.0313. The quantitative estimate of drug-likeness (QED) is 0.292. The van der Waals surface area contributed by atoms with Crippen LogP contribution >= 0.6 is 0 Å². The monoisotopic (exact) mass is 508 g/mol. The summed E-state index contributed by atoms with van der Waals surface area (Å²) in [5.74, 6) is -0.600. The Kier molecular flexibility index (Phi) is 4.96. The van der Waals surface area contributed by atoms with E-state index in [-0.39, 0.29) is 34.2 Å². The number of carbonyl (C=O) groups excluding carboxylic acids is 1. The smallest absolute Gasteiger partial charge is 0.227 e. The van der Waals surface area contributed by atoms with Gasteiger partial charge in [0.05, 0.1) is 17.3 Å². The summed E-state index contributed by atoms with van der Waals surface area (Å²) in [5, 5.41) is 9.99. The predicted molar refractivity (Wildman–Crippen MR) is 137 cm³/mol. The van der Waals surface area contributed by atoms with Crippen LogP contribution in [0.25, 0.3) is 56.0 Å². The third-order valence-corrected chi connectivity index (χ3v) is 6.56. The van der Waals surface area contributed by atoms with Crippen molar-refractivity contribution in [3.63, 3.8) is 0 Å². The molecular weight excluding hydrogens is 490 g/mol. The summed E-state index contributed by atoms with van der Waals surface area (Å²) in [7, 11) is 0. The summed E-state index contributed by atoms with van der Waals surface area (Å²) >= 11 is 0. The fourth-order valence-electron chi connectivity index (χ4n) is 4.46. The lowest BCUT2D eigenvalue weighted by Gasteiger charge is -2.08. The number of amides is 1. The van der Waals surface area contributed by atoms with E-state index in [0.717, 1.165) is 24.0 Å². The number of aromatic amines is 2. The number of nitrogens with one attached hydrogen (secondary N) is 3. The van der Waals surface area contributed by atoms with Gasteiger partial charge in [-0.3, -0.25) is 14.9 Å². The second kappa shape index (κ2) is 8.51. The molecule has 0 saturated heterocycles. The minimum atomic E-state index is -0.557. The van der Waals surface area contributed by atoms with Gasteiger partial charge < -0.3 is 10.3 Å². The number of aromatic nitrogens is 7. The molecule has 0 bridgehead atoms. The number of carbonyl (C=O) groups is 1. The number of H-pyrrole nitrogens is 2. The summed E-state index contributed by atoms with van der Waals surface area (Å²) in [5.41, 5.74) is 4.18. The van der Waals surface area contributed by atoms with E-state index in [2.05, 4.69) is 40.4 Å². The molecule has 0 unspecified atom stereocenters. The van der Waals surface area contributed by atoms with E-state index in [1.54, 1.807) is 30.5 Å². The molecule has 1 aliphatic rings. The van der Waals surface area contributed by atoms with Gasteiger partial charge in [-0.1, -0.05) is 12.1 Å². The predicted octanol–water partition coefficient (Wildman–Crippen LogP) is 5.25. The van der Waals surface area contributed by atoms with Gasteiger partial charge in [-0.05, 0) is 42.7 Å². The summed E-state index contributed by atoms with van der Waals surface area (Å²) in [6.45, 7) is 0. The van der Waals surface area contributed by atoms with Crippen LogP contribution in [0.1, 0.15) is 12.8 Å². The van der Waals surface area contributed by atoms with Crippen molar-refractivity contribution >= 4 is 33.8 Å². The molecule has 11 heteroatoms. The molecule has 1 saturated carbocycles. The van der Waals surface area contributed by atoms with Gasteiger partial charge in [0, 0.05) is 41.2 Å². The van der Waals surface area contributed by atoms with Gasteiger partial charge in [0.15, 0.2) is 17.1 Å². The zero-order valence-corrected chi connectivity index (χ0v) is 19.7. The average Bonchev–Trinajstić information content (AvgIpc) is 3.54. The SMILES string of the molecule is O=C(Nc1cncc(-c2cnc3n[nH]c(-c4nc5c(-c6ccc(F)cc6)ccnc5[nH]4)c3c2F)c1)C1CC1. The highest BCUT2D eigenvalue weighted by Crippen LogP contribution is 2.35. The standard InChI is InChI=1S/C27H18F2N8O/c28-16-5-3-13(4-6-16)18-7-8-31-25-22(18)34-26(35-25)23-20-21(29)19(12-32-24(20)37-36-23)15-9-17(11-30-10-15)33-27(38)14-1-2-14/h3-12,14H,1-2H2,(H,33,38)(H,31,34,35)(H,32,36,37). The highest BCUT2D eigenvalue weighted by Gasteiger charge is 2.29. The van der Waals surface area contributed by atoms with Gasteiger partial charge >= 0.3 is 0 Å². The van der Waals surface area contributed by atoms with Crippen molar-refractivity contribution in [3.05, 3.63) is 72.8 Å². The number of fused-ring (bicyclic) bond motifs is 2. The molecule has 5 aromatic heterocycles. The zero-order chi connectivity index (χ0) is 25.8. The van der Waals surface area contributed by atoms with Crippen molar-refractivity contribution in [1.82, 2.24) is 35.1 Å². The Morgan fingerprint density at radius 3 is 2.63 bits per heavy atom. The number of halogens is 2. The number of nitrogens with zero attached hydrogens (tertiary/aromatic N) is 5. The van der Waals surface area contributed by atoms with E-state index < -0.39 is 5.82 Å². The lowest BCUT2D eigenvalue weighted by molar-refractivity contribution is -0.117. The van der Waals surface area contributed by atoms with Crippen molar-refractivity contribution < 1.29 is 13.6 Å². The van der Waals surface area contributed by atoms with Gasteiger partial charge in [0.1, 0.15) is 22.8 Å². The highest BCUT2D eigenvalue weighted by atomic mass is 19.1. The molecule has 1 fully saturated rings. The lowest BCUT2D eigenvalue weighted by atomic mass is 10.1. The molecule has 0 radical (unpaired) electrons. The fourth-order valence-corrected chi connectivity index (χ4v) is 4.46. The number of anilines is 1. The maximum atomic E-state index is 16.0. The Hall–Kier alpha value is -5.06. The van der Waals surface area contributed by atoms with Gasteiger partial charge in [-0.25, -0.2) is 23.7 Å². The summed E-state index contributed by atoms with van der Waals surface area (Å²) < 4.78 is 29.4. The number of hydrogen-bond acceptors (Lipinski definition) is 6. The van der Waals surface area contributed by atoms with Crippen LogP contribution in [-0.4, -0.2) is 41.0 Å². The first-order valence-electron chi connectivity index (χ1n) is 11.9. The van der Waals surface area contributed by atoms with Crippen molar-refractivity contribution in [2.24, 2.45) is 5.92 Å². The summed E-state index contributed by atoms with van der Waals surface area (Å²) in [6.07, 6.45) is 7.80. The first kappa shape index (κ1) is 22.2. The van der Waals surface area contributed by atoms with Crippen molar-refractivity contribution in [2.75, 3.05) is 5.32 Å². The van der Waals surface area contributed by atoms with Crippen LogP contribution in [0, 0.1) is 17.6 Å². The molecule has 3 N–H and O–H groups in total. The Balaban J connectivity index is 1.31. The first-order valence-corrected chi connectivity index (χ1v) is 11.9. The number of rotatable bonds is 5. The fraction of sp³-hybridized carbons (Fsp3) is 0.111. The first-order chi connectivity index (χ1) is 18.5. The molecule has 1 amide bonds. The molecule has 0 spiro atoms. The van der Waals surface area contributed by atoms with Crippen LogP contribution in [0.2, 0.25) is 0 Å². The summed E-state index contributed by atoms with van der Waals surface area (Å²) in [4.78, 5) is 32.8. The van der Waals surface area contributed by atoms with Gasteiger partial charge in [-0.15, -0.1) is 0 Å². The van der Waals surface area contributed by atoms with E-state index in [1.807, 2.05) is 0 Å². The van der Waals surface area contributed by atoms with Gasteiger partial charge in [0.2, 0.25) is 5.91 Å². The average molecular weight is 508 g/mol. The maximum Gasteiger partial charge on any atom is 0.227 e. The van der Waals surface area contributed by atoms with Gasteiger partial charge in [0.25, 0.3) is 0 Å². The molecule has 1 aliphatic carbocycles. The largest absolute Gasteiger partial charge is 0.324 e. The van der Waals surface area contributed by atoms with Crippen LogP contribution in [-0.2, 0) is 4.79 Å². The molecule has 186 valence electrons. The Bertz CT molecular complexity index is 1860. The van der Waals surface area contributed by atoms with Crippen molar-refractivity contribution in [1.29, 1.82) is 0 Å². The minimum Gasteiger partial charge on any atom is -0.324 e. The number of benzene rings is 1. The van der Waals surface area contributed by atoms with Crippen molar-refractivity contribution in [2.45, 2.75) is 12.8 Å². The van der Waals surface area contributed by atoms with Gasteiger partial charge in [-0.2, -0.15) is 5.10 Å². The Labute approximate surface area is 213 Å². The number of hydrogen-bond donors (Lipinski definition) is 3. The molecule has 0 atom stereocenters. The highest BCUT2D eigenvalue weighted by molar-refractivity contribution is 5.97. The zero-order valence-electron chi connectivity index (χ0n) is 19.7. The number of pyridine rings is 3. The van der Waals surface area contributed by atoms with Crippen molar-refractivity contribution in [3.8, 4) is 33.8 Å². The molecule has 9 nitrogen and oxygen atoms in total. The molecule has 0 aliphatic heterocycles. The second-order valence-electron chi connectivity index (χ2n) is 9.16. The molecule has 5 heterocycles. The van der Waals surface area contributed by atoms with Crippen LogP contribution in [0.5, 0.6) is 0 Å². The maximum absolute atomic E-state index is 16.0. The molecular formula is C27H18F2N8O. The normalized spacial score (nSPS) is 13.3. The van der Waals surface area contributed by atoms with Crippen LogP contribution in [0.3, 0.4) is 0 Å². The lowest BCUT2D eigenvalue weighted by Crippen LogP contribution is -2.13. The summed E-state index contributed by atoms with van der Waals surface area (Å²) in [6, 6.07) is 9.53. The third kappa shape index (κ3) is 3.76. The van der Waals surface area contributed by atoms with E-state index >= 15 is 4.39 Å². The molecule has 6 aromatic rings. The van der Waals surface area contributed by atoms with E-state index in [1.165, 1.54) is 30.7 Å². The number of imidazole rings is 1. The third-order valence-electron chi connectivity index (χ3n) is 6.56. The molecule has 38 heavy (non-hydrogen) atoms. The van der Waals surface area contributed by atoms with Crippen LogP contribution in [0.4, 0.5) is 14.5 Å². The van der Waals surface area contributed by atoms with E-state index in [4.69, 9.17) is 0 Å². The van der Waals surface area contributed by atoms with E-state index in [9.17, 15) is 9.18 Å². The topological polar surface area (TPSA) is 125 Å². The molecule has 1 aromatic carbocycles. The van der Waals surface area contributed by atoms with E-state index in [0.29, 0.717) is 33.9 Å².